The molecule has 0 fully saturated rings. The number of carbonyl (C=O) groups excluding carboxylic acids is 2. The number of aromatic hydroxyl groups is 1. The van der Waals surface area contributed by atoms with E-state index in [4.69, 9.17) is 0 Å². The molecule has 0 aromatic heterocycles. The average molecular weight is 315 g/mol. The number of anilines is 1. The zero-order chi connectivity index (χ0) is 16.0. The molecule has 116 valence electrons. The smallest absolute Gasteiger partial charge is 0.306 e. The van der Waals surface area contributed by atoms with E-state index in [2.05, 4.69) is 10.1 Å². The minimum Gasteiger partial charge on any atom is -0.506 e. The van der Waals surface area contributed by atoms with Crippen LogP contribution >= 0.6 is 0 Å². The van der Waals surface area contributed by atoms with E-state index < -0.39 is 21.7 Å². The number of hydrogen-bond donors (Lipinski definition) is 2. The molecule has 0 unspecified atom stereocenters. The predicted molar refractivity (Wildman–Crippen MR) is 75.7 cm³/mol. The summed E-state index contributed by atoms with van der Waals surface area (Å²) in [7, 11) is -2.23. The first kappa shape index (κ1) is 17.0. The van der Waals surface area contributed by atoms with E-state index in [1.54, 1.807) is 0 Å². The van der Waals surface area contributed by atoms with Crippen LogP contribution in [0.1, 0.15) is 19.8 Å². The van der Waals surface area contributed by atoms with Gasteiger partial charge in [0, 0.05) is 6.42 Å². The predicted octanol–water partition coefficient (Wildman–Crippen LogP) is 1.08. The highest BCUT2D eigenvalue weighted by atomic mass is 32.2. The molecule has 1 aromatic carbocycles. The van der Waals surface area contributed by atoms with Gasteiger partial charge in [0.25, 0.3) is 0 Å². The monoisotopic (exact) mass is 315 g/mol. The Morgan fingerprint density at radius 3 is 2.52 bits per heavy atom. The summed E-state index contributed by atoms with van der Waals surface area (Å²) in [5.74, 6) is -1.40. The molecule has 0 saturated carbocycles. The van der Waals surface area contributed by atoms with Gasteiger partial charge in [0.2, 0.25) is 5.91 Å². The van der Waals surface area contributed by atoms with Crippen molar-refractivity contribution < 1.29 is 27.9 Å². The number of esters is 1. The summed E-state index contributed by atoms with van der Waals surface area (Å²) >= 11 is 0. The molecule has 7 nitrogen and oxygen atoms in total. The van der Waals surface area contributed by atoms with E-state index in [9.17, 15) is 23.1 Å². The van der Waals surface area contributed by atoms with Gasteiger partial charge in [0.05, 0.1) is 29.9 Å². The van der Waals surface area contributed by atoms with Gasteiger partial charge in [0.1, 0.15) is 5.75 Å². The molecule has 1 rings (SSSR count). The second-order valence-corrected chi connectivity index (χ2v) is 6.48. The first-order valence-corrected chi connectivity index (χ1v) is 7.87. The van der Waals surface area contributed by atoms with Crippen LogP contribution in [-0.2, 0) is 24.2 Å². The van der Waals surface area contributed by atoms with E-state index >= 15 is 0 Å². The minimum absolute atomic E-state index is 0.00562. The lowest BCUT2D eigenvalue weighted by Gasteiger charge is -2.09. The summed E-state index contributed by atoms with van der Waals surface area (Å²) in [4.78, 5) is 22.6. The lowest BCUT2D eigenvalue weighted by atomic mass is 10.2. The van der Waals surface area contributed by atoms with Gasteiger partial charge in [-0.25, -0.2) is 8.42 Å². The number of rotatable bonds is 6. The molecule has 0 atom stereocenters. The van der Waals surface area contributed by atoms with Crippen molar-refractivity contribution in [3.63, 3.8) is 0 Å². The molecule has 1 amide bonds. The van der Waals surface area contributed by atoms with Gasteiger partial charge >= 0.3 is 5.97 Å². The van der Waals surface area contributed by atoms with Crippen LogP contribution in [0.15, 0.2) is 23.1 Å². The molecule has 0 heterocycles. The van der Waals surface area contributed by atoms with Gasteiger partial charge in [-0.1, -0.05) is 6.92 Å². The van der Waals surface area contributed by atoms with E-state index in [1.807, 2.05) is 0 Å². The largest absolute Gasteiger partial charge is 0.506 e. The fourth-order valence-electron chi connectivity index (χ4n) is 1.51. The topological polar surface area (TPSA) is 110 Å². The van der Waals surface area contributed by atoms with E-state index in [0.29, 0.717) is 0 Å². The number of benzene rings is 1. The number of phenols is 1. The van der Waals surface area contributed by atoms with Crippen LogP contribution in [0.5, 0.6) is 5.75 Å². The van der Waals surface area contributed by atoms with Crippen molar-refractivity contribution in [2.45, 2.75) is 24.7 Å². The molecule has 1 aromatic rings. The minimum atomic E-state index is -3.44. The first-order chi connectivity index (χ1) is 9.80. The molecule has 2 N–H and O–H groups in total. The first-order valence-electron chi connectivity index (χ1n) is 6.22. The van der Waals surface area contributed by atoms with Crippen molar-refractivity contribution in [2.24, 2.45) is 0 Å². The Morgan fingerprint density at radius 2 is 1.95 bits per heavy atom. The van der Waals surface area contributed by atoms with E-state index in [1.165, 1.54) is 32.2 Å². The van der Waals surface area contributed by atoms with Crippen molar-refractivity contribution in [3.05, 3.63) is 18.2 Å². The fourth-order valence-corrected chi connectivity index (χ4v) is 2.41. The third kappa shape index (κ3) is 4.75. The van der Waals surface area contributed by atoms with Gasteiger partial charge in [-0.3, -0.25) is 9.59 Å². The molecule has 21 heavy (non-hydrogen) atoms. The SMILES string of the molecule is CCS(=O)(=O)c1ccc(O)c(NC(=O)CCC(=O)OC)c1. The maximum atomic E-state index is 11.7. The third-order valence-electron chi connectivity index (χ3n) is 2.77. The molecule has 0 aliphatic heterocycles. The Morgan fingerprint density at radius 1 is 1.29 bits per heavy atom. The van der Waals surface area contributed by atoms with Gasteiger partial charge in [-0.15, -0.1) is 0 Å². The molecule has 0 aliphatic carbocycles. The Bertz CT molecular complexity index is 638. The summed E-state index contributed by atoms with van der Waals surface area (Å²) in [6.07, 6.45) is -0.229. The fraction of sp³-hybridized carbons (Fsp3) is 0.385. The van der Waals surface area contributed by atoms with Crippen LogP contribution in [0.25, 0.3) is 0 Å². The van der Waals surface area contributed by atoms with Crippen LogP contribution in [-0.4, -0.2) is 38.3 Å². The highest BCUT2D eigenvalue weighted by Gasteiger charge is 2.15. The van der Waals surface area contributed by atoms with Crippen molar-refractivity contribution in [2.75, 3.05) is 18.2 Å². The van der Waals surface area contributed by atoms with Gasteiger partial charge < -0.3 is 15.2 Å². The number of phenolic OH excluding ortho intramolecular Hbond substituents is 1. The number of carbonyl (C=O) groups is 2. The molecule has 0 radical (unpaired) electrons. The summed E-state index contributed by atoms with van der Waals surface area (Å²) < 4.78 is 27.9. The van der Waals surface area contributed by atoms with E-state index in [0.717, 1.165) is 0 Å². The summed E-state index contributed by atoms with van der Waals surface area (Å²) in [5.41, 5.74) is -0.0145. The summed E-state index contributed by atoms with van der Waals surface area (Å²) in [6, 6.07) is 3.64. The number of hydrogen-bond acceptors (Lipinski definition) is 6. The molecular formula is C13H17NO6S. The highest BCUT2D eigenvalue weighted by Crippen LogP contribution is 2.27. The van der Waals surface area contributed by atoms with Crippen LogP contribution in [0.4, 0.5) is 5.69 Å². The van der Waals surface area contributed by atoms with Crippen LogP contribution in [0.2, 0.25) is 0 Å². The van der Waals surface area contributed by atoms with Crippen molar-refractivity contribution in [3.8, 4) is 5.75 Å². The normalized spacial score (nSPS) is 11.0. The highest BCUT2D eigenvalue weighted by molar-refractivity contribution is 7.91. The van der Waals surface area contributed by atoms with Crippen LogP contribution in [0, 0.1) is 0 Å². The van der Waals surface area contributed by atoms with Gasteiger partial charge in [-0.05, 0) is 18.2 Å². The van der Waals surface area contributed by atoms with Crippen LogP contribution < -0.4 is 5.32 Å². The maximum absolute atomic E-state index is 11.7. The second-order valence-electron chi connectivity index (χ2n) is 4.21. The number of methoxy groups -OCH3 is 1. The van der Waals surface area contributed by atoms with Crippen molar-refractivity contribution >= 4 is 27.4 Å². The Balaban J connectivity index is 2.86. The molecule has 0 spiro atoms. The van der Waals surface area contributed by atoms with Crippen molar-refractivity contribution in [1.82, 2.24) is 0 Å². The van der Waals surface area contributed by atoms with Gasteiger partial charge in [0.15, 0.2) is 9.84 Å². The molecule has 8 heteroatoms. The number of amides is 1. The zero-order valence-corrected chi connectivity index (χ0v) is 12.6. The Kier molecular flexibility index (Phi) is 5.71. The quantitative estimate of drug-likeness (QED) is 0.600. The number of sulfone groups is 1. The second kappa shape index (κ2) is 7.07. The lowest BCUT2D eigenvalue weighted by Crippen LogP contribution is -2.14. The summed E-state index contributed by atoms with van der Waals surface area (Å²) in [6.45, 7) is 1.50. The van der Waals surface area contributed by atoms with Gasteiger partial charge in [-0.2, -0.15) is 0 Å². The molecular weight excluding hydrogens is 298 g/mol. The third-order valence-corrected chi connectivity index (χ3v) is 4.50. The Labute approximate surface area is 122 Å². The number of ether oxygens (including phenoxy) is 1. The molecule has 0 bridgehead atoms. The van der Waals surface area contributed by atoms with Crippen LogP contribution in [0.3, 0.4) is 0 Å². The molecule has 0 saturated heterocycles. The maximum Gasteiger partial charge on any atom is 0.306 e. The average Bonchev–Trinajstić information content (AvgIpc) is 2.46. The summed E-state index contributed by atoms with van der Waals surface area (Å²) in [5, 5.41) is 12.0. The molecule has 0 aliphatic rings. The number of nitrogens with one attached hydrogen (secondary N) is 1. The zero-order valence-electron chi connectivity index (χ0n) is 11.8. The lowest BCUT2D eigenvalue weighted by molar-refractivity contribution is -0.141. The Hall–Kier alpha value is -2.09. The van der Waals surface area contributed by atoms with E-state index in [-0.39, 0.29) is 34.9 Å². The standard InChI is InChI=1S/C13H17NO6S/c1-3-21(18,19)9-4-5-11(15)10(8-9)14-12(16)6-7-13(17)20-2/h4-5,8,15H,3,6-7H2,1-2H3,(H,14,16). The van der Waals surface area contributed by atoms with Crippen molar-refractivity contribution in [1.29, 1.82) is 0 Å².